The zero-order chi connectivity index (χ0) is 12.7. The second-order valence-electron chi connectivity index (χ2n) is 3.28. The minimum Gasteiger partial charge on any atom is -0.380 e. The Balaban J connectivity index is 2.76. The molecule has 0 heterocycles. The van der Waals surface area contributed by atoms with E-state index in [1.165, 1.54) is 18.2 Å². The molecule has 0 fully saturated rings. The number of ether oxygens (including phenoxy) is 1. The lowest BCUT2D eigenvalue weighted by atomic mass is 10.2. The minimum absolute atomic E-state index is 0.105. The van der Waals surface area contributed by atoms with E-state index in [2.05, 4.69) is 5.32 Å². The number of nitro benzene ring substituents is 1. The summed E-state index contributed by atoms with van der Waals surface area (Å²) in [5.41, 5.74) is 0.568. The number of benzene rings is 1. The van der Waals surface area contributed by atoms with Crippen LogP contribution in [0, 0.1) is 10.1 Å². The fourth-order valence-electron chi connectivity index (χ4n) is 1.32. The van der Waals surface area contributed by atoms with Crippen LogP contribution in [0.1, 0.15) is 17.3 Å². The second-order valence-corrected chi connectivity index (χ2v) is 3.28. The van der Waals surface area contributed by atoms with Gasteiger partial charge >= 0.3 is 0 Å². The van der Waals surface area contributed by atoms with E-state index in [9.17, 15) is 14.9 Å². The summed E-state index contributed by atoms with van der Waals surface area (Å²) >= 11 is 0. The van der Waals surface area contributed by atoms with E-state index in [0.717, 1.165) is 0 Å². The predicted octanol–water partition coefficient (Wildman–Crippen LogP) is 1.86. The average molecular weight is 238 g/mol. The van der Waals surface area contributed by atoms with Gasteiger partial charge in [0, 0.05) is 24.8 Å². The standard InChI is InChI=1S/C11H14N2O4/c1-2-17-6-5-12-10-4-3-9(8-14)7-11(10)13(15)16/h3-4,7-8,12H,2,5-6H2,1H3. The minimum atomic E-state index is -0.518. The molecule has 1 aromatic rings. The molecular weight excluding hydrogens is 224 g/mol. The Morgan fingerprint density at radius 3 is 2.88 bits per heavy atom. The maximum absolute atomic E-state index is 10.8. The van der Waals surface area contributed by atoms with Crippen LogP contribution in [0.5, 0.6) is 0 Å². The first-order chi connectivity index (χ1) is 8.19. The highest BCUT2D eigenvalue weighted by atomic mass is 16.6. The van der Waals surface area contributed by atoms with Crippen LogP contribution in [0.4, 0.5) is 11.4 Å². The number of anilines is 1. The summed E-state index contributed by atoms with van der Waals surface area (Å²) in [4.78, 5) is 20.8. The summed E-state index contributed by atoms with van der Waals surface area (Å²) in [6.45, 7) is 3.44. The number of nitrogens with zero attached hydrogens (tertiary/aromatic N) is 1. The summed E-state index contributed by atoms with van der Waals surface area (Å²) in [6, 6.07) is 4.30. The Morgan fingerprint density at radius 1 is 1.53 bits per heavy atom. The fourth-order valence-corrected chi connectivity index (χ4v) is 1.32. The molecular formula is C11H14N2O4. The number of carbonyl (C=O) groups excluding carboxylic acids is 1. The first kappa shape index (κ1) is 13.1. The predicted molar refractivity (Wildman–Crippen MR) is 63.5 cm³/mol. The first-order valence-electron chi connectivity index (χ1n) is 5.24. The maximum Gasteiger partial charge on any atom is 0.293 e. The molecule has 6 nitrogen and oxygen atoms in total. The van der Waals surface area contributed by atoms with E-state index in [1.54, 1.807) is 0 Å². The summed E-state index contributed by atoms with van der Waals surface area (Å²) < 4.78 is 5.11. The van der Waals surface area contributed by atoms with Crippen molar-refractivity contribution in [2.45, 2.75) is 6.92 Å². The molecule has 0 aliphatic rings. The Morgan fingerprint density at radius 2 is 2.29 bits per heavy atom. The average Bonchev–Trinajstić information content (AvgIpc) is 2.34. The van der Waals surface area contributed by atoms with E-state index in [1.807, 2.05) is 6.92 Å². The highest BCUT2D eigenvalue weighted by molar-refractivity contribution is 5.79. The maximum atomic E-state index is 10.8. The number of hydrogen-bond donors (Lipinski definition) is 1. The molecule has 1 aromatic carbocycles. The lowest BCUT2D eigenvalue weighted by Gasteiger charge is -2.07. The molecule has 0 bridgehead atoms. The van der Waals surface area contributed by atoms with E-state index in [-0.39, 0.29) is 11.3 Å². The van der Waals surface area contributed by atoms with E-state index >= 15 is 0 Å². The first-order valence-corrected chi connectivity index (χ1v) is 5.24. The van der Waals surface area contributed by atoms with Gasteiger partial charge in [-0.1, -0.05) is 0 Å². The lowest BCUT2D eigenvalue weighted by molar-refractivity contribution is -0.384. The number of nitro groups is 1. The van der Waals surface area contributed by atoms with Crippen LogP contribution < -0.4 is 5.32 Å². The number of hydrogen-bond acceptors (Lipinski definition) is 5. The topological polar surface area (TPSA) is 81.5 Å². The molecule has 0 unspecified atom stereocenters. The van der Waals surface area contributed by atoms with Crippen LogP contribution in [-0.4, -0.2) is 31.0 Å². The lowest BCUT2D eigenvalue weighted by Crippen LogP contribution is -2.10. The highest BCUT2D eigenvalue weighted by Gasteiger charge is 2.13. The van der Waals surface area contributed by atoms with Gasteiger partial charge in [-0.15, -0.1) is 0 Å². The number of carbonyl (C=O) groups is 1. The molecule has 0 spiro atoms. The Kier molecular flexibility index (Phi) is 5.09. The van der Waals surface area contributed by atoms with Crippen molar-refractivity contribution in [1.82, 2.24) is 0 Å². The molecule has 0 aliphatic heterocycles. The summed E-state index contributed by atoms with van der Waals surface area (Å²) in [7, 11) is 0. The molecule has 0 atom stereocenters. The largest absolute Gasteiger partial charge is 0.380 e. The van der Waals surface area contributed by atoms with Gasteiger partial charge in [0.05, 0.1) is 11.5 Å². The summed E-state index contributed by atoms with van der Waals surface area (Å²) in [5, 5.41) is 13.7. The van der Waals surface area contributed by atoms with Gasteiger partial charge in [0.1, 0.15) is 12.0 Å². The van der Waals surface area contributed by atoms with Crippen LogP contribution in [0.15, 0.2) is 18.2 Å². The van der Waals surface area contributed by atoms with Gasteiger partial charge in [0.2, 0.25) is 0 Å². The quantitative estimate of drug-likeness (QED) is 0.339. The van der Waals surface area contributed by atoms with Gasteiger partial charge in [0.25, 0.3) is 5.69 Å². The van der Waals surface area contributed by atoms with Crippen molar-refractivity contribution >= 4 is 17.7 Å². The molecule has 0 amide bonds. The Bertz CT molecular complexity index is 406. The molecule has 0 saturated heterocycles. The summed E-state index contributed by atoms with van der Waals surface area (Å²) in [5.74, 6) is 0. The smallest absolute Gasteiger partial charge is 0.293 e. The van der Waals surface area contributed by atoms with Gasteiger partial charge in [0.15, 0.2) is 0 Å². The van der Waals surface area contributed by atoms with Crippen molar-refractivity contribution in [3.05, 3.63) is 33.9 Å². The van der Waals surface area contributed by atoms with Crippen LogP contribution in [0.2, 0.25) is 0 Å². The molecule has 1 N–H and O–H groups in total. The fraction of sp³-hybridized carbons (Fsp3) is 0.364. The van der Waals surface area contributed by atoms with E-state index in [4.69, 9.17) is 4.74 Å². The van der Waals surface area contributed by atoms with Crippen LogP contribution in [-0.2, 0) is 4.74 Å². The van der Waals surface area contributed by atoms with Crippen molar-refractivity contribution < 1.29 is 14.5 Å². The SMILES string of the molecule is CCOCCNc1ccc(C=O)cc1[N+](=O)[O-]. The van der Waals surface area contributed by atoms with Crippen molar-refractivity contribution in [1.29, 1.82) is 0 Å². The van der Waals surface area contributed by atoms with Crippen LogP contribution >= 0.6 is 0 Å². The third-order valence-corrected chi connectivity index (χ3v) is 2.12. The number of aldehydes is 1. The van der Waals surface area contributed by atoms with Crippen molar-refractivity contribution in [3.63, 3.8) is 0 Å². The molecule has 0 saturated carbocycles. The number of rotatable bonds is 7. The van der Waals surface area contributed by atoms with Crippen molar-refractivity contribution in [2.75, 3.05) is 25.1 Å². The van der Waals surface area contributed by atoms with E-state index in [0.29, 0.717) is 31.7 Å². The normalized spacial score (nSPS) is 9.94. The third kappa shape index (κ3) is 3.84. The summed E-state index contributed by atoms with van der Waals surface area (Å²) in [6.07, 6.45) is 0.580. The van der Waals surface area contributed by atoms with Crippen molar-refractivity contribution in [3.8, 4) is 0 Å². The molecule has 92 valence electrons. The second kappa shape index (κ2) is 6.59. The molecule has 6 heteroatoms. The molecule has 0 aromatic heterocycles. The van der Waals surface area contributed by atoms with Gasteiger partial charge in [-0.05, 0) is 19.1 Å². The monoisotopic (exact) mass is 238 g/mol. The third-order valence-electron chi connectivity index (χ3n) is 2.12. The zero-order valence-corrected chi connectivity index (χ0v) is 9.51. The van der Waals surface area contributed by atoms with Gasteiger partial charge in [-0.3, -0.25) is 14.9 Å². The molecule has 0 radical (unpaired) electrons. The Hall–Kier alpha value is -1.95. The van der Waals surface area contributed by atoms with Crippen LogP contribution in [0.3, 0.4) is 0 Å². The van der Waals surface area contributed by atoms with Crippen LogP contribution in [0.25, 0.3) is 0 Å². The number of nitrogens with one attached hydrogen (secondary N) is 1. The van der Waals surface area contributed by atoms with Gasteiger partial charge in [-0.2, -0.15) is 0 Å². The van der Waals surface area contributed by atoms with Gasteiger partial charge < -0.3 is 10.1 Å². The molecule has 17 heavy (non-hydrogen) atoms. The molecule has 0 aliphatic carbocycles. The highest BCUT2D eigenvalue weighted by Crippen LogP contribution is 2.24. The molecule has 1 rings (SSSR count). The van der Waals surface area contributed by atoms with E-state index < -0.39 is 4.92 Å². The van der Waals surface area contributed by atoms with Crippen molar-refractivity contribution in [2.24, 2.45) is 0 Å². The Labute approximate surface area is 98.7 Å². The zero-order valence-electron chi connectivity index (χ0n) is 9.51. The van der Waals surface area contributed by atoms with Gasteiger partial charge in [-0.25, -0.2) is 0 Å².